The normalized spacial score (nSPS) is 10.3. The summed E-state index contributed by atoms with van der Waals surface area (Å²) >= 11 is 1.82. The average Bonchev–Trinajstić information content (AvgIpc) is 2.20. The largest absolute Gasteiger partial charge is 0.397 e. The molecule has 0 aliphatic carbocycles. The highest BCUT2D eigenvalue weighted by Crippen LogP contribution is 2.22. The fourth-order valence-corrected chi connectivity index (χ4v) is 1.72. The number of halogens is 1. The number of anilines is 2. The Kier molecular flexibility index (Phi) is 4.75. The van der Waals surface area contributed by atoms with Gasteiger partial charge in [-0.1, -0.05) is 0 Å². The summed E-state index contributed by atoms with van der Waals surface area (Å²) in [5.74, 6) is 0.870. The van der Waals surface area contributed by atoms with E-state index in [1.807, 2.05) is 11.8 Å². The first-order valence-electron chi connectivity index (χ1n) is 4.93. The van der Waals surface area contributed by atoms with Gasteiger partial charge in [-0.2, -0.15) is 11.8 Å². The molecule has 0 aliphatic rings. The van der Waals surface area contributed by atoms with Crippen molar-refractivity contribution >= 4 is 23.1 Å². The molecule has 1 aromatic carbocycles. The summed E-state index contributed by atoms with van der Waals surface area (Å²) in [7, 11) is 0. The van der Waals surface area contributed by atoms with E-state index in [-0.39, 0.29) is 5.82 Å². The number of hydrogen-bond acceptors (Lipinski definition) is 3. The minimum atomic E-state index is -0.248. The SMILES string of the molecule is CSCCCNc1cc(C)c(F)cc1N. The zero-order chi connectivity index (χ0) is 11.3. The first-order chi connectivity index (χ1) is 7.15. The van der Waals surface area contributed by atoms with E-state index in [0.717, 1.165) is 24.4 Å². The molecule has 0 bridgehead atoms. The molecule has 0 fully saturated rings. The Bertz CT molecular complexity index is 329. The molecular weight excluding hydrogens is 211 g/mol. The van der Waals surface area contributed by atoms with Crippen LogP contribution in [0.4, 0.5) is 15.8 Å². The fraction of sp³-hybridized carbons (Fsp3) is 0.455. The second-order valence-corrected chi connectivity index (χ2v) is 4.45. The van der Waals surface area contributed by atoms with Gasteiger partial charge in [0.25, 0.3) is 0 Å². The van der Waals surface area contributed by atoms with Gasteiger partial charge >= 0.3 is 0 Å². The zero-order valence-electron chi connectivity index (χ0n) is 9.14. The van der Waals surface area contributed by atoms with Gasteiger partial charge in [-0.3, -0.25) is 0 Å². The molecule has 1 aromatic rings. The van der Waals surface area contributed by atoms with E-state index < -0.39 is 0 Å². The van der Waals surface area contributed by atoms with Crippen molar-refractivity contribution in [3.8, 4) is 0 Å². The molecule has 84 valence electrons. The van der Waals surface area contributed by atoms with Crippen LogP contribution in [-0.2, 0) is 0 Å². The maximum absolute atomic E-state index is 13.1. The summed E-state index contributed by atoms with van der Waals surface area (Å²) in [5.41, 5.74) is 7.62. The van der Waals surface area contributed by atoms with Crippen molar-refractivity contribution in [2.45, 2.75) is 13.3 Å². The summed E-state index contributed by atoms with van der Waals surface area (Å²) in [5, 5.41) is 3.21. The molecule has 0 heterocycles. The molecule has 0 unspecified atom stereocenters. The Morgan fingerprint density at radius 1 is 1.47 bits per heavy atom. The summed E-state index contributed by atoms with van der Waals surface area (Å²) in [6.45, 7) is 2.61. The molecule has 1 rings (SSSR count). The van der Waals surface area contributed by atoms with Crippen LogP contribution in [0.1, 0.15) is 12.0 Å². The number of nitrogen functional groups attached to an aromatic ring is 1. The predicted molar refractivity (Wildman–Crippen MR) is 67.0 cm³/mol. The van der Waals surface area contributed by atoms with Gasteiger partial charge < -0.3 is 11.1 Å². The van der Waals surface area contributed by atoms with E-state index in [1.54, 1.807) is 13.0 Å². The minimum Gasteiger partial charge on any atom is -0.397 e. The molecule has 3 N–H and O–H groups in total. The summed E-state index contributed by atoms with van der Waals surface area (Å²) in [6, 6.07) is 3.12. The van der Waals surface area contributed by atoms with Gasteiger partial charge in [-0.25, -0.2) is 4.39 Å². The first kappa shape index (κ1) is 12.2. The lowest BCUT2D eigenvalue weighted by Crippen LogP contribution is -2.06. The van der Waals surface area contributed by atoms with Crippen molar-refractivity contribution in [2.24, 2.45) is 0 Å². The standard InChI is InChI=1S/C11H17FN2S/c1-8-6-11(10(13)7-9(8)12)14-4-3-5-15-2/h6-7,14H,3-5,13H2,1-2H3. The van der Waals surface area contributed by atoms with Crippen LogP contribution in [0.2, 0.25) is 0 Å². The van der Waals surface area contributed by atoms with Gasteiger partial charge in [-0.15, -0.1) is 0 Å². The number of benzene rings is 1. The zero-order valence-corrected chi connectivity index (χ0v) is 9.96. The van der Waals surface area contributed by atoms with Crippen LogP contribution in [0.15, 0.2) is 12.1 Å². The number of nitrogens with two attached hydrogens (primary N) is 1. The van der Waals surface area contributed by atoms with Crippen LogP contribution >= 0.6 is 11.8 Å². The average molecular weight is 228 g/mol. The topological polar surface area (TPSA) is 38.0 Å². The van der Waals surface area contributed by atoms with Crippen LogP contribution in [0, 0.1) is 12.7 Å². The molecule has 4 heteroatoms. The number of thioether (sulfide) groups is 1. The highest BCUT2D eigenvalue weighted by Gasteiger charge is 2.03. The smallest absolute Gasteiger partial charge is 0.128 e. The lowest BCUT2D eigenvalue weighted by molar-refractivity contribution is 0.619. The molecular formula is C11H17FN2S. The van der Waals surface area contributed by atoms with Crippen molar-refractivity contribution in [1.29, 1.82) is 0 Å². The molecule has 0 saturated heterocycles. The third kappa shape index (κ3) is 3.63. The Balaban J connectivity index is 2.57. The second-order valence-electron chi connectivity index (χ2n) is 3.46. The second kappa shape index (κ2) is 5.85. The quantitative estimate of drug-likeness (QED) is 0.601. The lowest BCUT2D eigenvalue weighted by atomic mass is 10.2. The van der Waals surface area contributed by atoms with Gasteiger partial charge in [0.15, 0.2) is 0 Å². The van der Waals surface area contributed by atoms with Gasteiger partial charge in [0.05, 0.1) is 11.4 Å². The third-order valence-corrected chi connectivity index (χ3v) is 2.87. The van der Waals surface area contributed by atoms with Crippen LogP contribution in [0.5, 0.6) is 0 Å². The molecule has 0 spiro atoms. The number of hydrogen-bond donors (Lipinski definition) is 2. The van der Waals surface area contributed by atoms with E-state index in [4.69, 9.17) is 5.73 Å². The maximum Gasteiger partial charge on any atom is 0.128 e. The number of nitrogens with one attached hydrogen (secondary N) is 1. The van der Waals surface area contributed by atoms with Gasteiger partial charge in [-0.05, 0) is 43.0 Å². The Labute approximate surface area is 94.4 Å². The fourth-order valence-electron chi connectivity index (χ4n) is 1.29. The number of aryl methyl sites for hydroxylation is 1. The van der Waals surface area contributed by atoms with E-state index in [2.05, 4.69) is 11.6 Å². The van der Waals surface area contributed by atoms with Crippen LogP contribution in [0.25, 0.3) is 0 Å². The van der Waals surface area contributed by atoms with Crippen molar-refractivity contribution < 1.29 is 4.39 Å². The van der Waals surface area contributed by atoms with Crippen molar-refractivity contribution in [3.05, 3.63) is 23.5 Å². The monoisotopic (exact) mass is 228 g/mol. The molecule has 0 saturated carbocycles. The molecule has 0 amide bonds. The molecule has 0 radical (unpaired) electrons. The Hall–Kier alpha value is -0.900. The van der Waals surface area contributed by atoms with Crippen molar-refractivity contribution in [3.63, 3.8) is 0 Å². The molecule has 0 aromatic heterocycles. The van der Waals surface area contributed by atoms with E-state index in [1.165, 1.54) is 6.07 Å². The van der Waals surface area contributed by atoms with E-state index in [9.17, 15) is 4.39 Å². The van der Waals surface area contributed by atoms with Crippen molar-refractivity contribution in [2.75, 3.05) is 29.6 Å². The van der Waals surface area contributed by atoms with E-state index >= 15 is 0 Å². The maximum atomic E-state index is 13.1. The summed E-state index contributed by atoms with van der Waals surface area (Å²) in [6.07, 6.45) is 3.16. The Morgan fingerprint density at radius 2 is 2.20 bits per heavy atom. The first-order valence-corrected chi connectivity index (χ1v) is 6.33. The van der Waals surface area contributed by atoms with Crippen LogP contribution in [-0.4, -0.2) is 18.6 Å². The van der Waals surface area contributed by atoms with Crippen molar-refractivity contribution in [1.82, 2.24) is 0 Å². The van der Waals surface area contributed by atoms with Gasteiger partial charge in [0, 0.05) is 6.54 Å². The Morgan fingerprint density at radius 3 is 2.87 bits per heavy atom. The predicted octanol–water partition coefficient (Wildman–Crippen LogP) is 2.88. The van der Waals surface area contributed by atoms with Gasteiger partial charge in [0.2, 0.25) is 0 Å². The number of rotatable bonds is 5. The molecule has 15 heavy (non-hydrogen) atoms. The summed E-state index contributed by atoms with van der Waals surface area (Å²) in [4.78, 5) is 0. The highest BCUT2D eigenvalue weighted by atomic mass is 32.2. The molecule has 2 nitrogen and oxygen atoms in total. The molecule has 0 atom stereocenters. The van der Waals surface area contributed by atoms with Crippen LogP contribution < -0.4 is 11.1 Å². The summed E-state index contributed by atoms with van der Waals surface area (Å²) < 4.78 is 13.1. The highest BCUT2D eigenvalue weighted by molar-refractivity contribution is 7.98. The molecule has 0 aliphatic heterocycles. The van der Waals surface area contributed by atoms with E-state index in [0.29, 0.717) is 11.3 Å². The van der Waals surface area contributed by atoms with Gasteiger partial charge in [0.1, 0.15) is 5.82 Å². The third-order valence-electron chi connectivity index (χ3n) is 2.17. The van der Waals surface area contributed by atoms with Crippen LogP contribution in [0.3, 0.4) is 0 Å². The lowest BCUT2D eigenvalue weighted by Gasteiger charge is -2.10. The minimum absolute atomic E-state index is 0.248.